The van der Waals surface area contributed by atoms with Crippen LogP contribution in [0.5, 0.6) is 0 Å². The molecule has 0 saturated heterocycles. The van der Waals surface area contributed by atoms with Crippen molar-refractivity contribution in [1.82, 2.24) is 14.7 Å². The van der Waals surface area contributed by atoms with Gasteiger partial charge in [-0.2, -0.15) is 0 Å². The number of rotatable bonds is 7. The minimum Gasteiger partial charge on any atom is -0.383 e. The molecule has 0 aliphatic rings. The van der Waals surface area contributed by atoms with Gasteiger partial charge in [-0.05, 0) is 0 Å². The molecular formula is C9H16ClN3O3S. The number of H-pyrrole nitrogens is 1. The molecule has 0 aliphatic carbocycles. The molecule has 0 fully saturated rings. The zero-order valence-electron chi connectivity index (χ0n) is 9.73. The average molecular weight is 282 g/mol. The summed E-state index contributed by atoms with van der Waals surface area (Å²) in [6.45, 7) is 2.10. The molecular weight excluding hydrogens is 266 g/mol. The number of alkyl halides is 1. The highest BCUT2D eigenvalue weighted by molar-refractivity contribution is 7.89. The number of methoxy groups -OCH3 is 1. The second kappa shape index (κ2) is 6.34. The first-order chi connectivity index (χ1) is 8.03. The highest BCUT2D eigenvalue weighted by Crippen LogP contribution is 2.07. The molecule has 98 valence electrons. The van der Waals surface area contributed by atoms with Crippen molar-refractivity contribution in [2.24, 2.45) is 0 Å². The molecule has 6 nitrogen and oxygen atoms in total. The second-order valence-corrected chi connectivity index (χ2v) is 5.47. The maximum Gasteiger partial charge on any atom is 0.257 e. The number of hydrogen-bond acceptors (Lipinski definition) is 4. The fourth-order valence-corrected chi connectivity index (χ4v) is 2.67. The molecule has 0 amide bonds. The number of imidazole rings is 1. The van der Waals surface area contributed by atoms with E-state index in [2.05, 4.69) is 14.7 Å². The van der Waals surface area contributed by atoms with Gasteiger partial charge in [0.2, 0.25) is 0 Å². The number of sulfonamides is 1. The van der Waals surface area contributed by atoms with E-state index in [0.29, 0.717) is 12.2 Å². The third-order valence-electron chi connectivity index (χ3n) is 2.11. The summed E-state index contributed by atoms with van der Waals surface area (Å²) < 4.78 is 31.1. The van der Waals surface area contributed by atoms with Gasteiger partial charge in [0, 0.05) is 19.4 Å². The number of hydrogen-bond donors (Lipinski definition) is 2. The minimum absolute atomic E-state index is 0.0422. The first-order valence-electron chi connectivity index (χ1n) is 5.14. The Balaban J connectivity index is 2.80. The monoisotopic (exact) mass is 281 g/mol. The van der Waals surface area contributed by atoms with Crippen molar-refractivity contribution in [3.05, 3.63) is 12.0 Å². The van der Waals surface area contributed by atoms with E-state index in [9.17, 15) is 8.42 Å². The van der Waals surface area contributed by atoms with E-state index < -0.39 is 16.1 Å². The lowest BCUT2D eigenvalue weighted by Crippen LogP contribution is -2.39. The van der Waals surface area contributed by atoms with Gasteiger partial charge in [0.05, 0.1) is 18.8 Å². The van der Waals surface area contributed by atoms with Gasteiger partial charge in [0.25, 0.3) is 10.0 Å². The summed E-state index contributed by atoms with van der Waals surface area (Å²) in [6.07, 6.45) is 1.94. The molecule has 1 aromatic heterocycles. The van der Waals surface area contributed by atoms with Crippen LogP contribution in [0, 0.1) is 0 Å². The molecule has 0 spiro atoms. The molecule has 1 atom stereocenters. The summed E-state index contributed by atoms with van der Waals surface area (Å²) in [5.74, 6) is 0.765. The molecule has 1 unspecified atom stereocenters. The zero-order valence-corrected chi connectivity index (χ0v) is 11.3. The van der Waals surface area contributed by atoms with E-state index in [1.54, 1.807) is 0 Å². The average Bonchev–Trinajstić information content (AvgIpc) is 2.77. The summed E-state index contributed by atoms with van der Waals surface area (Å²) in [5, 5.41) is 0.0422. The van der Waals surface area contributed by atoms with Crippen molar-refractivity contribution < 1.29 is 13.2 Å². The standard InChI is InChI=1S/C9H16ClN3O3S/c1-3-8-11-5-9(12-8)17(14,15)13-7(4-10)6-16-2/h5,7,13H,3-4,6H2,1-2H3,(H,11,12). The van der Waals surface area contributed by atoms with Crippen LogP contribution in [-0.4, -0.2) is 44.0 Å². The van der Waals surface area contributed by atoms with Crippen molar-refractivity contribution in [2.75, 3.05) is 19.6 Å². The van der Waals surface area contributed by atoms with Crippen LogP contribution in [0.4, 0.5) is 0 Å². The zero-order chi connectivity index (χ0) is 12.9. The Hall–Kier alpha value is -0.630. The summed E-state index contributed by atoms with van der Waals surface area (Å²) >= 11 is 5.64. The van der Waals surface area contributed by atoms with Crippen LogP contribution in [0.25, 0.3) is 0 Å². The van der Waals surface area contributed by atoms with Gasteiger partial charge in [-0.15, -0.1) is 11.6 Å². The van der Waals surface area contributed by atoms with Crippen LogP contribution in [0.3, 0.4) is 0 Å². The number of aromatic nitrogens is 2. The van der Waals surface area contributed by atoms with E-state index >= 15 is 0 Å². The van der Waals surface area contributed by atoms with E-state index in [1.165, 1.54) is 13.3 Å². The van der Waals surface area contributed by atoms with Gasteiger partial charge in [-0.3, -0.25) is 0 Å². The van der Waals surface area contributed by atoms with Crippen molar-refractivity contribution >= 4 is 21.6 Å². The molecule has 8 heteroatoms. The lowest BCUT2D eigenvalue weighted by Gasteiger charge is -2.14. The van der Waals surface area contributed by atoms with Gasteiger partial charge in [-0.25, -0.2) is 18.1 Å². The Morgan fingerprint density at radius 3 is 2.82 bits per heavy atom. The molecule has 1 aromatic rings. The van der Waals surface area contributed by atoms with Crippen LogP contribution in [0.2, 0.25) is 0 Å². The third-order valence-corrected chi connectivity index (χ3v) is 3.91. The van der Waals surface area contributed by atoms with Crippen LogP contribution >= 0.6 is 11.6 Å². The molecule has 0 aliphatic heterocycles. The van der Waals surface area contributed by atoms with Gasteiger partial charge in [-0.1, -0.05) is 6.92 Å². The maximum absolute atomic E-state index is 11.9. The third kappa shape index (κ3) is 3.95. The van der Waals surface area contributed by atoms with Crippen molar-refractivity contribution in [3.63, 3.8) is 0 Å². The van der Waals surface area contributed by atoms with Crippen LogP contribution in [0.1, 0.15) is 12.7 Å². The summed E-state index contributed by atoms with van der Waals surface area (Å²) in [6, 6.07) is -0.458. The summed E-state index contributed by atoms with van der Waals surface area (Å²) in [5.41, 5.74) is 0. The van der Waals surface area contributed by atoms with Crippen molar-refractivity contribution in [2.45, 2.75) is 24.4 Å². The fourth-order valence-electron chi connectivity index (χ4n) is 1.25. The first-order valence-corrected chi connectivity index (χ1v) is 7.16. The Labute approximate surface area is 106 Å². The summed E-state index contributed by atoms with van der Waals surface area (Å²) in [4.78, 5) is 6.67. The molecule has 0 radical (unpaired) electrons. The highest BCUT2D eigenvalue weighted by Gasteiger charge is 2.21. The quantitative estimate of drug-likeness (QED) is 0.713. The Kier molecular flexibility index (Phi) is 5.38. The molecule has 0 aromatic carbocycles. The predicted octanol–water partition coefficient (Wildman–Crippen LogP) is 0.504. The molecule has 0 saturated carbocycles. The Bertz CT molecular complexity index is 446. The largest absolute Gasteiger partial charge is 0.383 e. The van der Waals surface area contributed by atoms with Crippen LogP contribution < -0.4 is 4.72 Å². The lowest BCUT2D eigenvalue weighted by molar-refractivity contribution is 0.181. The van der Waals surface area contributed by atoms with Crippen LogP contribution in [-0.2, 0) is 21.2 Å². The topological polar surface area (TPSA) is 84.1 Å². The number of nitrogens with one attached hydrogen (secondary N) is 2. The van der Waals surface area contributed by atoms with E-state index in [0.717, 1.165) is 0 Å². The number of aromatic amines is 1. The summed E-state index contributed by atoms with van der Waals surface area (Å²) in [7, 11) is -2.13. The molecule has 0 bridgehead atoms. The van der Waals surface area contributed by atoms with Gasteiger partial charge in [0.15, 0.2) is 5.03 Å². The fraction of sp³-hybridized carbons (Fsp3) is 0.667. The Morgan fingerprint density at radius 1 is 1.65 bits per heavy atom. The number of ether oxygens (including phenoxy) is 1. The van der Waals surface area contributed by atoms with E-state index in [1.807, 2.05) is 6.92 Å². The molecule has 17 heavy (non-hydrogen) atoms. The minimum atomic E-state index is -3.62. The van der Waals surface area contributed by atoms with Gasteiger partial charge >= 0.3 is 0 Å². The number of nitrogens with zero attached hydrogens (tertiary/aromatic N) is 1. The van der Waals surface area contributed by atoms with Gasteiger partial charge < -0.3 is 9.72 Å². The maximum atomic E-state index is 11.9. The van der Waals surface area contributed by atoms with Crippen molar-refractivity contribution in [1.29, 1.82) is 0 Å². The number of aryl methyl sites for hydroxylation is 1. The van der Waals surface area contributed by atoms with Crippen molar-refractivity contribution in [3.8, 4) is 0 Å². The van der Waals surface area contributed by atoms with E-state index in [4.69, 9.17) is 16.3 Å². The molecule has 1 heterocycles. The SMILES string of the molecule is CCc1ncc(S(=O)(=O)NC(CCl)COC)[nH]1. The lowest BCUT2D eigenvalue weighted by atomic mass is 10.4. The molecule has 1 rings (SSSR count). The second-order valence-electron chi connectivity index (χ2n) is 3.48. The molecule has 2 N–H and O–H groups in total. The normalized spacial score (nSPS) is 13.8. The number of halogens is 1. The Morgan fingerprint density at radius 2 is 2.35 bits per heavy atom. The van der Waals surface area contributed by atoms with E-state index in [-0.39, 0.29) is 17.5 Å². The smallest absolute Gasteiger partial charge is 0.257 e. The first kappa shape index (κ1) is 14.4. The van der Waals surface area contributed by atoms with Crippen LogP contribution in [0.15, 0.2) is 11.2 Å². The highest BCUT2D eigenvalue weighted by atomic mass is 35.5. The van der Waals surface area contributed by atoms with Gasteiger partial charge in [0.1, 0.15) is 5.82 Å². The predicted molar refractivity (Wildman–Crippen MR) is 64.7 cm³/mol.